The number of nitrogens with zero attached hydrogens (tertiary/aromatic N) is 1. The van der Waals surface area contributed by atoms with Crippen LogP contribution in [0.25, 0.3) is 0 Å². The molecule has 0 spiro atoms. The Morgan fingerprint density at radius 2 is 1.15 bits per heavy atom. The number of ether oxygens (including phenoxy) is 2. The first-order valence-electron chi connectivity index (χ1n) is 21.1. The van der Waals surface area contributed by atoms with Crippen LogP contribution >= 0.6 is 0 Å². The first-order chi connectivity index (χ1) is 29.0. The summed E-state index contributed by atoms with van der Waals surface area (Å²) in [6.45, 7) is 20.9. The lowest BCUT2D eigenvalue weighted by atomic mass is 9.83. The summed E-state index contributed by atoms with van der Waals surface area (Å²) >= 11 is 0. The van der Waals surface area contributed by atoms with Gasteiger partial charge in [-0.2, -0.15) is 26.3 Å². The number of fused-ring (bicyclic) bond motifs is 1. The maximum Gasteiger partial charge on any atom is 0.416 e. The predicted octanol–water partition coefficient (Wildman–Crippen LogP) is 14.8. The van der Waals surface area contributed by atoms with Crippen LogP contribution in [0.2, 0.25) is 0 Å². The quantitative estimate of drug-likeness (QED) is 0.101. The zero-order valence-corrected chi connectivity index (χ0v) is 37.6. The highest BCUT2D eigenvalue weighted by Crippen LogP contribution is 2.49. The maximum absolute atomic E-state index is 13.5. The number of anilines is 2. The van der Waals surface area contributed by atoms with Gasteiger partial charge in [0.15, 0.2) is 0 Å². The number of halogens is 6. The van der Waals surface area contributed by atoms with Crippen molar-refractivity contribution in [2.24, 2.45) is 0 Å². The van der Waals surface area contributed by atoms with Crippen LogP contribution < -0.4 is 19.7 Å². The van der Waals surface area contributed by atoms with Crippen molar-refractivity contribution in [2.75, 3.05) is 23.3 Å². The zero-order valence-electron chi connectivity index (χ0n) is 37.6. The molecule has 0 saturated carbocycles. The van der Waals surface area contributed by atoms with Crippen LogP contribution in [0.4, 0.5) is 37.7 Å². The lowest BCUT2D eigenvalue weighted by molar-refractivity contribution is -0.138. The molecule has 0 aromatic heterocycles. The molecule has 0 aliphatic carbocycles. The van der Waals surface area contributed by atoms with Crippen molar-refractivity contribution in [3.8, 4) is 11.5 Å². The van der Waals surface area contributed by atoms with Crippen LogP contribution in [-0.2, 0) is 36.0 Å². The second-order valence-electron chi connectivity index (χ2n) is 17.4. The van der Waals surface area contributed by atoms with E-state index in [2.05, 4.69) is 10.2 Å². The van der Waals surface area contributed by atoms with Crippen molar-refractivity contribution in [3.63, 3.8) is 0 Å². The van der Waals surface area contributed by atoms with E-state index in [1.807, 2.05) is 160 Å². The van der Waals surface area contributed by atoms with Crippen LogP contribution in [0.3, 0.4) is 0 Å². The molecule has 4 aromatic carbocycles. The summed E-state index contributed by atoms with van der Waals surface area (Å²) in [6, 6.07) is 23.9. The van der Waals surface area contributed by atoms with E-state index in [0.29, 0.717) is 24.2 Å². The van der Waals surface area contributed by atoms with Gasteiger partial charge in [0.05, 0.1) is 23.3 Å². The minimum absolute atomic E-state index is 0.111. The van der Waals surface area contributed by atoms with E-state index < -0.39 is 28.9 Å². The Bertz CT molecular complexity index is 2170. The molecule has 0 unspecified atom stereocenters. The molecule has 62 heavy (non-hydrogen) atoms. The smallest absolute Gasteiger partial charge is 0.416 e. The Labute approximate surface area is 365 Å². The van der Waals surface area contributed by atoms with E-state index in [9.17, 15) is 26.3 Å². The third kappa shape index (κ3) is 14.1. The van der Waals surface area contributed by atoms with Gasteiger partial charge in [-0.05, 0) is 142 Å². The lowest BCUT2D eigenvalue weighted by Crippen LogP contribution is -2.28. The van der Waals surface area contributed by atoms with Crippen LogP contribution in [0, 0.1) is 0 Å². The van der Waals surface area contributed by atoms with Gasteiger partial charge in [-0.25, -0.2) is 0 Å². The highest BCUT2D eigenvalue weighted by Gasteiger charge is 2.42. The number of benzene rings is 4. The largest absolute Gasteiger partial charge is 0.491 e. The van der Waals surface area contributed by atoms with Crippen molar-refractivity contribution in [1.29, 1.82) is 0 Å². The molecule has 1 aliphatic heterocycles. The molecule has 1 heterocycles. The normalized spacial score (nSPS) is 14.9. The SMILES string of the molecule is C/C=C/C=C/C=C/C=C1/N(CCc2ccc(OC(C)C)cc2)c2ccc(C(F)(F)F)cc2C1(C)C.CC(C)Oc1ccc(CCNc2ccc(C(F)(F)F)cc2C(C)(C)C)cc1. The number of rotatable bonds is 14. The highest BCUT2D eigenvalue weighted by atomic mass is 19.4. The van der Waals surface area contributed by atoms with Gasteiger partial charge >= 0.3 is 12.4 Å². The summed E-state index contributed by atoms with van der Waals surface area (Å²) < 4.78 is 90.9. The van der Waals surface area contributed by atoms with Gasteiger partial charge < -0.3 is 19.7 Å². The van der Waals surface area contributed by atoms with Crippen LogP contribution in [0.15, 0.2) is 133 Å². The Balaban J connectivity index is 0.000000282. The van der Waals surface area contributed by atoms with Crippen LogP contribution in [0.5, 0.6) is 11.5 Å². The molecule has 4 aromatic rings. The Kier molecular flexibility index (Phi) is 16.8. The first kappa shape index (κ1) is 49.3. The average Bonchev–Trinajstić information content (AvgIpc) is 3.39. The van der Waals surface area contributed by atoms with Gasteiger partial charge in [-0.15, -0.1) is 0 Å². The van der Waals surface area contributed by atoms with Crippen molar-refractivity contribution >= 4 is 11.4 Å². The molecule has 0 amide bonds. The summed E-state index contributed by atoms with van der Waals surface area (Å²) in [7, 11) is 0. The maximum atomic E-state index is 13.5. The van der Waals surface area contributed by atoms with Gasteiger partial charge in [-0.3, -0.25) is 0 Å². The molecule has 0 atom stereocenters. The molecular weight excluding hydrogens is 799 g/mol. The number of hydrogen-bond donors (Lipinski definition) is 1. The van der Waals surface area contributed by atoms with E-state index in [1.165, 1.54) is 24.3 Å². The summed E-state index contributed by atoms with van der Waals surface area (Å²) in [6.07, 6.45) is 6.68. The Morgan fingerprint density at radius 1 is 0.645 bits per heavy atom. The molecule has 334 valence electrons. The molecule has 0 radical (unpaired) electrons. The van der Waals surface area contributed by atoms with E-state index in [1.54, 1.807) is 6.07 Å². The van der Waals surface area contributed by atoms with Crippen molar-refractivity contribution < 1.29 is 35.8 Å². The second-order valence-corrected chi connectivity index (χ2v) is 17.4. The Hall–Kier alpha value is -5.38. The predicted molar refractivity (Wildman–Crippen MR) is 243 cm³/mol. The van der Waals surface area contributed by atoms with E-state index in [4.69, 9.17) is 9.47 Å². The first-order valence-corrected chi connectivity index (χ1v) is 21.1. The summed E-state index contributed by atoms with van der Waals surface area (Å²) in [5, 5.41) is 3.30. The second kappa shape index (κ2) is 21.1. The number of allylic oxidation sites excluding steroid dienone is 8. The van der Waals surface area contributed by atoms with Crippen LogP contribution in [0.1, 0.15) is 103 Å². The molecule has 0 fully saturated rings. The van der Waals surface area contributed by atoms with Gasteiger partial charge in [0.2, 0.25) is 0 Å². The third-order valence-electron chi connectivity index (χ3n) is 10.2. The molecular formula is C52H62F6N2O2. The highest BCUT2D eigenvalue weighted by molar-refractivity contribution is 5.71. The minimum atomic E-state index is -4.38. The summed E-state index contributed by atoms with van der Waals surface area (Å²) in [5.41, 5.74) is 4.00. The van der Waals surface area contributed by atoms with Crippen LogP contribution in [-0.4, -0.2) is 25.3 Å². The summed E-state index contributed by atoms with van der Waals surface area (Å²) in [4.78, 5) is 2.15. The standard InChI is InChI=1S/C30H34F3NO.C22H28F3NO/c1-6-7-8-9-10-11-12-28-29(4,5)26-21-24(30(31,32)33)15-18-27(26)34(28)20-19-23-13-16-25(17-14-23)35-22(2)3;1-15(2)27-18-9-6-16(7-10-18)12-13-26-20-11-8-17(22(23,24)25)14-19(20)21(3,4)5/h6-18,21-22H,19-20H2,1-5H3;6-11,14-15,26H,12-13H2,1-5H3/b7-6+,9-8+,11-10+,28-12+;. The van der Waals surface area contributed by atoms with Gasteiger partial charge in [0.25, 0.3) is 0 Å². The van der Waals surface area contributed by atoms with Gasteiger partial charge in [0.1, 0.15) is 11.5 Å². The fourth-order valence-corrected chi connectivity index (χ4v) is 7.13. The van der Waals surface area contributed by atoms with Gasteiger partial charge in [0, 0.05) is 35.6 Å². The lowest BCUT2D eigenvalue weighted by Gasteiger charge is -2.27. The molecule has 1 aliphatic rings. The van der Waals surface area contributed by atoms with Crippen molar-refractivity contribution in [3.05, 3.63) is 167 Å². The van der Waals surface area contributed by atoms with Gasteiger partial charge in [-0.1, -0.05) is 95.3 Å². The van der Waals surface area contributed by atoms with Crippen molar-refractivity contribution in [2.45, 2.75) is 117 Å². The molecule has 5 rings (SSSR count). The number of hydrogen-bond acceptors (Lipinski definition) is 4. The molecule has 4 nitrogen and oxygen atoms in total. The molecule has 1 N–H and O–H groups in total. The molecule has 0 saturated heterocycles. The summed E-state index contributed by atoms with van der Waals surface area (Å²) in [5.74, 6) is 1.66. The monoisotopic (exact) mass is 860 g/mol. The minimum Gasteiger partial charge on any atom is -0.491 e. The van der Waals surface area contributed by atoms with E-state index in [-0.39, 0.29) is 17.6 Å². The Morgan fingerprint density at radius 3 is 1.66 bits per heavy atom. The fourth-order valence-electron chi connectivity index (χ4n) is 7.13. The van der Waals surface area contributed by atoms with E-state index >= 15 is 0 Å². The number of nitrogens with one attached hydrogen (secondary N) is 1. The van der Waals surface area contributed by atoms with Crippen molar-refractivity contribution in [1.82, 2.24) is 0 Å². The fraction of sp³-hybridized carbons (Fsp3) is 0.385. The average molecular weight is 861 g/mol. The topological polar surface area (TPSA) is 33.7 Å². The number of alkyl halides is 6. The van der Waals surface area contributed by atoms with E-state index in [0.717, 1.165) is 58.6 Å². The third-order valence-corrected chi connectivity index (χ3v) is 10.2. The zero-order chi connectivity index (χ0) is 45.9. The molecule has 0 bridgehead atoms. The molecule has 10 heteroatoms.